The van der Waals surface area contributed by atoms with Crippen molar-refractivity contribution in [3.8, 4) is 0 Å². The van der Waals surface area contributed by atoms with Crippen LogP contribution in [0.2, 0.25) is 5.02 Å². The molecule has 0 aliphatic heterocycles. The Morgan fingerprint density at radius 1 is 1.15 bits per heavy atom. The topological polar surface area (TPSA) is 26.0 Å². The zero-order valence-corrected chi connectivity index (χ0v) is 12.1. The third kappa shape index (κ3) is 3.00. The van der Waals surface area contributed by atoms with Gasteiger partial charge in [-0.2, -0.15) is 0 Å². The molecule has 20 heavy (non-hydrogen) atoms. The van der Waals surface area contributed by atoms with Gasteiger partial charge < -0.3 is 5.73 Å². The first kappa shape index (κ1) is 14.9. The van der Waals surface area contributed by atoms with Gasteiger partial charge in [-0.05, 0) is 49.1 Å². The van der Waals surface area contributed by atoms with Crippen LogP contribution in [0.1, 0.15) is 28.3 Å². The maximum Gasteiger partial charge on any atom is 0.133 e. The van der Waals surface area contributed by atoms with E-state index in [2.05, 4.69) is 0 Å². The first-order valence-electron chi connectivity index (χ1n) is 6.35. The predicted molar refractivity (Wildman–Crippen MR) is 77.9 cm³/mol. The molecular formula is C16H16ClF2N. The Morgan fingerprint density at radius 2 is 1.85 bits per heavy atom. The second kappa shape index (κ2) is 5.90. The minimum absolute atomic E-state index is 0.0818. The molecule has 106 valence electrons. The molecule has 0 spiro atoms. The van der Waals surface area contributed by atoms with Crippen LogP contribution in [0.3, 0.4) is 0 Å². The van der Waals surface area contributed by atoms with Gasteiger partial charge in [0.2, 0.25) is 0 Å². The predicted octanol–water partition coefficient (Wildman–Crippen LogP) is 4.48. The molecular weight excluding hydrogens is 280 g/mol. The van der Waals surface area contributed by atoms with Gasteiger partial charge in [-0.1, -0.05) is 29.8 Å². The highest BCUT2D eigenvalue weighted by atomic mass is 35.5. The van der Waals surface area contributed by atoms with Crippen molar-refractivity contribution in [1.29, 1.82) is 0 Å². The fourth-order valence-corrected chi connectivity index (χ4v) is 2.49. The SMILES string of the molecule is Cc1ccc(CC(N)c2c(F)ccc(C)c2F)c(Cl)c1. The summed E-state index contributed by atoms with van der Waals surface area (Å²) in [7, 11) is 0. The molecule has 0 aliphatic carbocycles. The van der Waals surface area contributed by atoms with Crippen molar-refractivity contribution in [2.24, 2.45) is 5.73 Å². The summed E-state index contributed by atoms with van der Waals surface area (Å²) in [5.41, 5.74) is 8.08. The van der Waals surface area contributed by atoms with E-state index in [1.165, 1.54) is 12.1 Å². The largest absolute Gasteiger partial charge is 0.323 e. The molecule has 0 amide bonds. The van der Waals surface area contributed by atoms with E-state index in [-0.39, 0.29) is 12.0 Å². The second-order valence-electron chi connectivity index (χ2n) is 5.00. The van der Waals surface area contributed by atoms with Gasteiger partial charge in [0, 0.05) is 16.6 Å². The lowest BCUT2D eigenvalue weighted by atomic mass is 9.96. The maximum atomic E-state index is 14.0. The number of halogens is 3. The van der Waals surface area contributed by atoms with Gasteiger partial charge in [-0.25, -0.2) is 8.78 Å². The van der Waals surface area contributed by atoms with E-state index in [1.54, 1.807) is 6.92 Å². The smallest absolute Gasteiger partial charge is 0.133 e. The van der Waals surface area contributed by atoms with E-state index in [1.807, 2.05) is 25.1 Å². The monoisotopic (exact) mass is 295 g/mol. The van der Waals surface area contributed by atoms with Crippen LogP contribution in [0.5, 0.6) is 0 Å². The standard InChI is InChI=1S/C16H16ClF2N/c1-9-3-5-11(12(17)7-9)8-14(20)15-13(18)6-4-10(2)16(15)19/h3-7,14H,8,20H2,1-2H3. The lowest BCUT2D eigenvalue weighted by Gasteiger charge is -2.16. The van der Waals surface area contributed by atoms with Crippen molar-refractivity contribution < 1.29 is 8.78 Å². The molecule has 1 unspecified atom stereocenters. The lowest BCUT2D eigenvalue weighted by Crippen LogP contribution is -2.17. The third-order valence-electron chi connectivity index (χ3n) is 3.34. The molecule has 0 fully saturated rings. The molecule has 2 N–H and O–H groups in total. The highest BCUT2D eigenvalue weighted by Crippen LogP contribution is 2.27. The molecule has 0 aromatic heterocycles. The van der Waals surface area contributed by atoms with Gasteiger partial charge >= 0.3 is 0 Å². The molecule has 1 atom stereocenters. The van der Waals surface area contributed by atoms with E-state index >= 15 is 0 Å². The number of hydrogen-bond donors (Lipinski definition) is 1. The fraction of sp³-hybridized carbons (Fsp3) is 0.250. The molecule has 0 radical (unpaired) electrons. The maximum absolute atomic E-state index is 14.0. The summed E-state index contributed by atoms with van der Waals surface area (Å²) in [6.45, 7) is 3.51. The van der Waals surface area contributed by atoms with Crippen LogP contribution in [0, 0.1) is 25.5 Å². The van der Waals surface area contributed by atoms with Gasteiger partial charge in [0.05, 0.1) is 0 Å². The van der Waals surface area contributed by atoms with Crippen LogP contribution in [0.15, 0.2) is 30.3 Å². The summed E-state index contributed by atoms with van der Waals surface area (Å²) in [5.74, 6) is -1.20. The molecule has 0 aliphatic rings. The van der Waals surface area contributed by atoms with Crippen LogP contribution in [-0.2, 0) is 6.42 Å². The molecule has 0 saturated heterocycles. The van der Waals surface area contributed by atoms with Crippen molar-refractivity contribution in [2.45, 2.75) is 26.3 Å². The summed E-state index contributed by atoms with van der Waals surface area (Å²) >= 11 is 6.13. The second-order valence-corrected chi connectivity index (χ2v) is 5.40. The van der Waals surface area contributed by atoms with Gasteiger partial charge in [-0.3, -0.25) is 0 Å². The number of nitrogens with two attached hydrogens (primary N) is 1. The quantitative estimate of drug-likeness (QED) is 0.888. The molecule has 2 aromatic rings. The zero-order valence-electron chi connectivity index (χ0n) is 11.4. The number of benzene rings is 2. The zero-order chi connectivity index (χ0) is 14.9. The minimum Gasteiger partial charge on any atom is -0.323 e. The summed E-state index contributed by atoms with van der Waals surface area (Å²) in [5, 5.41) is 0.564. The van der Waals surface area contributed by atoms with Crippen molar-refractivity contribution in [3.63, 3.8) is 0 Å². The molecule has 1 nitrogen and oxygen atoms in total. The Kier molecular flexibility index (Phi) is 4.41. The molecule has 2 rings (SSSR count). The minimum atomic E-state index is -0.768. The van der Waals surface area contributed by atoms with Crippen molar-refractivity contribution >= 4 is 11.6 Å². The summed E-state index contributed by atoms with van der Waals surface area (Å²) in [6.07, 6.45) is 0.288. The Morgan fingerprint density at radius 3 is 2.50 bits per heavy atom. The fourth-order valence-electron chi connectivity index (χ4n) is 2.18. The normalized spacial score (nSPS) is 12.5. The van der Waals surface area contributed by atoms with Gasteiger partial charge in [-0.15, -0.1) is 0 Å². The first-order chi connectivity index (χ1) is 9.40. The average Bonchev–Trinajstić information content (AvgIpc) is 2.38. The average molecular weight is 296 g/mol. The van der Waals surface area contributed by atoms with Crippen LogP contribution < -0.4 is 5.73 Å². The summed E-state index contributed by atoms with van der Waals surface area (Å²) in [6, 6.07) is 7.42. The van der Waals surface area contributed by atoms with Crippen LogP contribution >= 0.6 is 11.6 Å². The summed E-state index contributed by atoms with van der Waals surface area (Å²) < 4.78 is 27.8. The highest BCUT2D eigenvalue weighted by Gasteiger charge is 2.19. The Hall–Kier alpha value is -1.45. The van der Waals surface area contributed by atoms with E-state index in [0.717, 1.165) is 11.1 Å². The van der Waals surface area contributed by atoms with Crippen LogP contribution in [-0.4, -0.2) is 0 Å². The molecule has 2 aromatic carbocycles. The molecule has 0 heterocycles. The highest BCUT2D eigenvalue weighted by molar-refractivity contribution is 6.31. The lowest BCUT2D eigenvalue weighted by molar-refractivity contribution is 0.520. The van der Waals surface area contributed by atoms with Crippen molar-refractivity contribution in [3.05, 3.63) is 69.2 Å². The van der Waals surface area contributed by atoms with Crippen molar-refractivity contribution in [1.82, 2.24) is 0 Å². The van der Waals surface area contributed by atoms with E-state index in [4.69, 9.17) is 17.3 Å². The Labute approximate surface area is 122 Å². The Balaban J connectivity index is 2.33. The van der Waals surface area contributed by atoms with Gasteiger partial charge in [0.15, 0.2) is 0 Å². The summed E-state index contributed by atoms with van der Waals surface area (Å²) in [4.78, 5) is 0. The molecule has 0 bridgehead atoms. The van der Waals surface area contributed by atoms with Crippen molar-refractivity contribution in [2.75, 3.05) is 0 Å². The van der Waals surface area contributed by atoms with E-state index in [9.17, 15) is 8.78 Å². The van der Waals surface area contributed by atoms with E-state index in [0.29, 0.717) is 10.6 Å². The van der Waals surface area contributed by atoms with Crippen LogP contribution in [0.4, 0.5) is 8.78 Å². The molecule has 4 heteroatoms. The van der Waals surface area contributed by atoms with E-state index < -0.39 is 17.7 Å². The van der Waals surface area contributed by atoms with Gasteiger partial charge in [0.25, 0.3) is 0 Å². The first-order valence-corrected chi connectivity index (χ1v) is 6.73. The Bertz CT molecular complexity index is 641. The third-order valence-corrected chi connectivity index (χ3v) is 3.69. The number of aryl methyl sites for hydroxylation is 2. The van der Waals surface area contributed by atoms with Gasteiger partial charge in [0.1, 0.15) is 11.6 Å². The van der Waals surface area contributed by atoms with Crippen LogP contribution in [0.25, 0.3) is 0 Å². The number of hydrogen-bond acceptors (Lipinski definition) is 1. The number of rotatable bonds is 3. The molecule has 0 saturated carbocycles.